The lowest BCUT2D eigenvalue weighted by atomic mass is 10.1. The number of carbonyl (C=O) groups excluding carboxylic acids is 1. The lowest BCUT2D eigenvalue weighted by Crippen LogP contribution is -2.39. The highest BCUT2D eigenvalue weighted by molar-refractivity contribution is 7.78. The molecule has 10 heteroatoms. The fourth-order valence-corrected chi connectivity index (χ4v) is 1.61. The Morgan fingerprint density at radius 2 is 2.17 bits per heavy atom. The van der Waals surface area contributed by atoms with E-state index in [1.54, 1.807) is 0 Å². The average molecular weight is 278 g/mol. The first-order chi connectivity index (χ1) is 8.51. The van der Waals surface area contributed by atoms with Crippen LogP contribution in [0.25, 0.3) is 0 Å². The Bertz CT molecular complexity index is 352. The maximum Gasteiger partial charge on any atom is 0.236 e. The van der Waals surface area contributed by atoms with Crippen LogP contribution in [-0.2, 0) is 9.53 Å². The number of hydrogen-bond acceptors (Lipinski definition) is 6. The van der Waals surface area contributed by atoms with Gasteiger partial charge in [-0.1, -0.05) is 12.8 Å². The van der Waals surface area contributed by atoms with Crippen molar-refractivity contribution < 1.29 is 24.9 Å². The third kappa shape index (κ3) is 3.40. The molecule has 102 valence electrons. The molecule has 0 aromatic rings. The Labute approximate surface area is 108 Å². The number of rotatable bonds is 4. The number of ether oxygens (including phenoxy) is 1. The number of nitrogens with zero attached hydrogens (tertiary/aromatic N) is 3. The van der Waals surface area contributed by atoms with Crippen molar-refractivity contribution in [3.63, 3.8) is 0 Å². The van der Waals surface area contributed by atoms with Gasteiger partial charge in [0, 0.05) is 0 Å². The van der Waals surface area contributed by atoms with Crippen molar-refractivity contribution in [2.75, 3.05) is 6.61 Å². The summed E-state index contributed by atoms with van der Waals surface area (Å²) < 4.78 is 6.19. The van der Waals surface area contributed by atoms with Crippen LogP contribution >= 0.6 is 12.8 Å². The van der Waals surface area contributed by atoms with E-state index >= 15 is 0 Å². The van der Waals surface area contributed by atoms with Gasteiger partial charge < -0.3 is 25.8 Å². The molecule has 0 bridgehead atoms. The minimum absolute atomic E-state index is 0.224. The van der Waals surface area contributed by atoms with Crippen molar-refractivity contribution in [1.82, 2.24) is 4.31 Å². The molecule has 18 heavy (non-hydrogen) atoms. The van der Waals surface area contributed by atoms with Crippen molar-refractivity contribution in [3.05, 3.63) is 0 Å². The number of thiol groups is 1. The van der Waals surface area contributed by atoms with E-state index in [4.69, 9.17) is 15.6 Å². The zero-order valence-electron chi connectivity index (χ0n) is 9.20. The summed E-state index contributed by atoms with van der Waals surface area (Å²) in [6.45, 7) is -0.442. The highest BCUT2D eigenvalue weighted by Crippen LogP contribution is 2.24. The first-order valence-electron chi connectivity index (χ1n) is 4.92. The van der Waals surface area contributed by atoms with E-state index in [2.05, 4.69) is 22.8 Å². The Morgan fingerprint density at radius 3 is 2.67 bits per heavy atom. The molecule has 2 unspecified atom stereocenters. The summed E-state index contributed by atoms with van der Waals surface area (Å²) in [4.78, 5) is 16.7. The SMILES string of the molecule is NC(N=CN(S)C1O[C@H](CO)[C@H](O)C1O)=NC=O. The number of amides is 1. The van der Waals surface area contributed by atoms with Crippen molar-refractivity contribution >= 4 is 31.5 Å². The number of aliphatic hydroxyl groups excluding tert-OH is 3. The van der Waals surface area contributed by atoms with Gasteiger partial charge in [-0.15, -0.1) is 0 Å². The molecule has 0 aromatic carbocycles. The van der Waals surface area contributed by atoms with Crippen LogP contribution in [0.1, 0.15) is 0 Å². The van der Waals surface area contributed by atoms with E-state index < -0.39 is 31.1 Å². The monoisotopic (exact) mass is 278 g/mol. The fourth-order valence-electron chi connectivity index (χ4n) is 1.37. The molecule has 1 fully saturated rings. The maximum atomic E-state index is 9.99. The largest absolute Gasteiger partial charge is 0.394 e. The summed E-state index contributed by atoms with van der Waals surface area (Å²) >= 11 is 3.95. The number of aliphatic hydroxyl groups is 3. The van der Waals surface area contributed by atoms with Gasteiger partial charge in [-0.05, 0) is 0 Å². The van der Waals surface area contributed by atoms with Crippen LogP contribution in [-0.4, -0.2) is 69.5 Å². The smallest absolute Gasteiger partial charge is 0.236 e. The van der Waals surface area contributed by atoms with Crippen LogP contribution in [0.5, 0.6) is 0 Å². The third-order valence-corrected chi connectivity index (χ3v) is 2.60. The molecule has 0 spiro atoms. The lowest BCUT2D eigenvalue weighted by Gasteiger charge is -2.22. The van der Waals surface area contributed by atoms with Crippen molar-refractivity contribution in [2.45, 2.75) is 24.5 Å². The molecule has 1 aliphatic rings. The summed E-state index contributed by atoms with van der Waals surface area (Å²) in [6.07, 6.45) is -3.13. The van der Waals surface area contributed by atoms with Gasteiger partial charge in [0.25, 0.3) is 0 Å². The number of hydrogen-bond donors (Lipinski definition) is 5. The van der Waals surface area contributed by atoms with Gasteiger partial charge in [0.05, 0.1) is 6.61 Å². The third-order valence-electron chi connectivity index (χ3n) is 2.27. The molecule has 5 N–H and O–H groups in total. The van der Waals surface area contributed by atoms with Crippen LogP contribution in [0.15, 0.2) is 9.98 Å². The van der Waals surface area contributed by atoms with E-state index in [1.165, 1.54) is 0 Å². The zero-order chi connectivity index (χ0) is 13.7. The molecule has 0 aliphatic carbocycles. The van der Waals surface area contributed by atoms with Crippen molar-refractivity contribution in [2.24, 2.45) is 15.7 Å². The summed E-state index contributed by atoms with van der Waals surface area (Å²) in [7, 11) is 0. The molecule has 0 saturated carbocycles. The first-order valence-corrected chi connectivity index (χ1v) is 5.32. The molecule has 9 nitrogen and oxygen atoms in total. The van der Waals surface area contributed by atoms with Gasteiger partial charge in [-0.2, -0.15) is 4.99 Å². The van der Waals surface area contributed by atoms with E-state index in [1.807, 2.05) is 0 Å². The minimum Gasteiger partial charge on any atom is -0.394 e. The zero-order valence-corrected chi connectivity index (χ0v) is 10.1. The summed E-state index contributed by atoms with van der Waals surface area (Å²) in [6, 6.07) is 0. The highest BCUT2D eigenvalue weighted by Gasteiger charge is 2.44. The predicted octanol–water partition coefficient (Wildman–Crippen LogP) is -2.93. The van der Waals surface area contributed by atoms with Gasteiger partial charge in [0.2, 0.25) is 12.4 Å². The highest BCUT2D eigenvalue weighted by atomic mass is 32.1. The summed E-state index contributed by atoms with van der Waals surface area (Å²) in [5.74, 6) is -0.296. The second-order valence-corrected chi connectivity index (χ2v) is 3.91. The molecule has 1 rings (SSSR count). The predicted molar refractivity (Wildman–Crippen MR) is 64.8 cm³/mol. The molecule has 1 amide bonds. The number of guanidine groups is 1. The lowest BCUT2D eigenvalue weighted by molar-refractivity contribution is -0.106. The maximum absolute atomic E-state index is 9.99. The number of carbonyl (C=O) groups is 1. The number of nitrogens with two attached hydrogens (primary N) is 1. The molecule has 1 saturated heterocycles. The quantitative estimate of drug-likeness (QED) is 0.160. The molecule has 1 aliphatic heterocycles. The van der Waals surface area contributed by atoms with Gasteiger partial charge in [-0.25, -0.2) is 4.99 Å². The Morgan fingerprint density at radius 1 is 1.50 bits per heavy atom. The van der Waals surface area contributed by atoms with Gasteiger partial charge in [0.1, 0.15) is 24.7 Å². The van der Waals surface area contributed by atoms with E-state index in [0.29, 0.717) is 0 Å². The van der Waals surface area contributed by atoms with Crippen LogP contribution in [0, 0.1) is 0 Å². The van der Waals surface area contributed by atoms with Crippen molar-refractivity contribution in [1.29, 1.82) is 0 Å². The molecular weight excluding hydrogens is 264 g/mol. The topological polar surface area (TPSA) is 141 Å². The van der Waals surface area contributed by atoms with E-state index in [9.17, 15) is 15.0 Å². The Balaban J connectivity index is 2.65. The summed E-state index contributed by atoms with van der Waals surface area (Å²) in [5.41, 5.74) is 5.21. The minimum atomic E-state index is -1.27. The van der Waals surface area contributed by atoms with Crippen LogP contribution in [0.2, 0.25) is 0 Å². The molecule has 4 atom stereocenters. The van der Waals surface area contributed by atoms with Gasteiger partial charge in [0.15, 0.2) is 6.23 Å². The van der Waals surface area contributed by atoms with Crippen molar-refractivity contribution in [3.8, 4) is 0 Å². The molecule has 1 heterocycles. The van der Waals surface area contributed by atoms with Gasteiger partial charge >= 0.3 is 0 Å². The van der Waals surface area contributed by atoms with E-state index in [-0.39, 0.29) is 12.4 Å². The van der Waals surface area contributed by atoms with Crippen LogP contribution in [0.3, 0.4) is 0 Å². The first kappa shape index (κ1) is 14.9. The van der Waals surface area contributed by atoms with Gasteiger partial charge in [-0.3, -0.25) is 9.10 Å². The fraction of sp³-hybridized carbons (Fsp3) is 0.625. The molecule has 0 aromatic heterocycles. The van der Waals surface area contributed by atoms with Crippen LogP contribution in [0.4, 0.5) is 0 Å². The average Bonchev–Trinajstić information content (AvgIpc) is 2.63. The standard InChI is InChI=1S/C8H14N4O5S/c9-8(11-3-14)10-2-12(18)7-6(16)5(15)4(1-13)17-7/h2-7,13,15-16,18H,1H2,(H2,9,11,14)/t4-,5+,6?,7?/m1/s1. The second-order valence-electron chi connectivity index (χ2n) is 3.45. The second kappa shape index (κ2) is 6.66. The van der Waals surface area contributed by atoms with E-state index in [0.717, 1.165) is 10.6 Å². The molecular formula is C8H14N4O5S. The number of aliphatic imine (C=N–C) groups is 2. The summed E-state index contributed by atoms with van der Waals surface area (Å²) in [5, 5.41) is 28.0. The Kier molecular flexibility index (Phi) is 5.50. The van der Waals surface area contributed by atoms with Crippen LogP contribution < -0.4 is 5.73 Å². The molecule has 0 radical (unpaired) electrons. The normalized spacial score (nSPS) is 33.0. The Hall–Kier alpha value is -1.20.